The van der Waals surface area contributed by atoms with Crippen LogP contribution in [0.25, 0.3) is 0 Å². The van der Waals surface area contributed by atoms with Crippen molar-refractivity contribution in [2.45, 2.75) is 12.8 Å². The van der Waals surface area contributed by atoms with Crippen LogP contribution in [-0.2, 0) is 0 Å². The van der Waals surface area contributed by atoms with E-state index in [0.717, 1.165) is 5.69 Å². The molecule has 0 saturated heterocycles. The van der Waals surface area contributed by atoms with Gasteiger partial charge in [0.2, 0.25) is 0 Å². The largest absolute Gasteiger partial charge is 0.249 e. The van der Waals surface area contributed by atoms with Crippen molar-refractivity contribution in [2.24, 2.45) is 0 Å². The molecule has 0 saturated carbocycles. The molecule has 1 aromatic heterocycles. The SMILES string of the molecule is CC(c1cc[c]cc1)c1cscn1. The standard InChI is InChI=1S/C11H10NS/c1-9(11-7-13-8-12-11)10-5-3-2-4-6-10/h3-9H,1H3. The lowest BCUT2D eigenvalue weighted by Gasteiger charge is -2.07. The lowest BCUT2D eigenvalue weighted by molar-refractivity contribution is 0.884. The van der Waals surface area contributed by atoms with Gasteiger partial charge in [-0.3, -0.25) is 0 Å². The molecule has 2 heteroatoms. The first-order valence-corrected chi connectivity index (χ1v) is 5.16. The molecule has 1 heterocycles. The Balaban J connectivity index is 2.29. The van der Waals surface area contributed by atoms with Crippen LogP contribution in [0, 0.1) is 6.07 Å². The molecule has 0 aliphatic carbocycles. The fraction of sp³-hybridized carbons (Fsp3) is 0.182. The number of nitrogens with zero attached hydrogens (tertiary/aromatic N) is 1. The van der Waals surface area contributed by atoms with Crippen LogP contribution in [-0.4, -0.2) is 4.98 Å². The molecule has 13 heavy (non-hydrogen) atoms. The average Bonchev–Trinajstić information content (AvgIpc) is 2.71. The predicted molar refractivity (Wildman–Crippen MR) is 54.9 cm³/mol. The van der Waals surface area contributed by atoms with Gasteiger partial charge >= 0.3 is 0 Å². The normalized spacial score (nSPS) is 12.7. The first-order valence-electron chi connectivity index (χ1n) is 4.22. The Bertz CT molecular complexity index is 353. The maximum Gasteiger partial charge on any atom is 0.0794 e. The number of benzene rings is 1. The Hall–Kier alpha value is -1.15. The van der Waals surface area contributed by atoms with Crippen molar-refractivity contribution >= 4 is 11.3 Å². The van der Waals surface area contributed by atoms with Gasteiger partial charge in [-0.2, -0.15) is 0 Å². The molecule has 0 aliphatic heterocycles. The van der Waals surface area contributed by atoms with Gasteiger partial charge in [0, 0.05) is 11.3 Å². The van der Waals surface area contributed by atoms with E-state index >= 15 is 0 Å². The van der Waals surface area contributed by atoms with Crippen molar-refractivity contribution < 1.29 is 0 Å². The van der Waals surface area contributed by atoms with Crippen LogP contribution in [0.5, 0.6) is 0 Å². The summed E-state index contributed by atoms with van der Waals surface area (Å²) in [5.74, 6) is 0.390. The van der Waals surface area contributed by atoms with E-state index in [0.29, 0.717) is 5.92 Å². The van der Waals surface area contributed by atoms with E-state index < -0.39 is 0 Å². The van der Waals surface area contributed by atoms with Crippen LogP contribution >= 0.6 is 11.3 Å². The lowest BCUT2D eigenvalue weighted by Crippen LogP contribution is -1.95. The molecule has 2 rings (SSSR count). The van der Waals surface area contributed by atoms with E-state index in [2.05, 4.69) is 35.5 Å². The smallest absolute Gasteiger partial charge is 0.0794 e. The summed E-state index contributed by atoms with van der Waals surface area (Å²) < 4.78 is 0. The number of hydrogen-bond acceptors (Lipinski definition) is 2. The molecule has 0 spiro atoms. The van der Waals surface area contributed by atoms with Crippen LogP contribution in [0.1, 0.15) is 24.1 Å². The number of thiazole rings is 1. The van der Waals surface area contributed by atoms with Crippen LogP contribution in [0.2, 0.25) is 0 Å². The summed E-state index contributed by atoms with van der Waals surface area (Å²) in [5.41, 5.74) is 4.32. The molecule has 0 amide bonds. The van der Waals surface area contributed by atoms with Crippen LogP contribution in [0.3, 0.4) is 0 Å². The van der Waals surface area contributed by atoms with Crippen LogP contribution in [0.4, 0.5) is 0 Å². The number of aromatic nitrogens is 1. The van der Waals surface area contributed by atoms with Crippen LogP contribution in [0.15, 0.2) is 35.2 Å². The first kappa shape index (κ1) is 8.45. The highest BCUT2D eigenvalue weighted by Crippen LogP contribution is 2.22. The van der Waals surface area contributed by atoms with Gasteiger partial charge in [0.25, 0.3) is 0 Å². The average molecular weight is 188 g/mol. The molecular weight excluding hydrogens is 178 g/mol. The second-order valence-electron chi connectivity index (χ2n) is 2.97. The molecule has 0 aliphatic rings. The van der Waals surface area contributed by atoms with E-state index in [-0.39, 0.29) is 0 Å². The molecule has 1 aromatic carbocycles. The third kappa shape index (κ3) is 1.78. The minimum Gasteiger partial charge on any atom is -0.249 e. The summed E-state index contributed by atoms with van der Waals surface area (Å²) in [6.45, 7) is 2.17. The van der Waals surface area contributed by atoms with Gasteiger partial charge in [-0.25, -0.2) is 4.98 Å². The summed E-state index contributed by atoms with van der Waals surface area (Å²) in [6.07, 6.45) is 0. The van der Waals surface area contributed by atoms with Crippen molar-refractivity contribution in [3.05, 3.63) is 52.5 Å². The second-order valence-corrected chi connectivity index (χ2v) is 3.69. The fourth-order valence-electron chi connectivity index (χ4n) is 1.29. The van der Waals surface area contributed by atoms with Gasteiger partial charge in [-0.1, -0.05) is 31.2 Å². The molecule has 65 valence electrons. The summed E-state index contributed by atoms with van der Waals surface area (Å²) >= 11 is 1.64. The van der Waals surface area contributed by atoms with E-state index in [1.807, 2.05) is 17.6 Å². The molecule has 0 fully saturated rings. The maximum atomic E-state index is 4.30. The van der Waals surface area contributed by atoms with Crippen LogP contribution < -0.4 is 0 Å². The van der Waals surface area contributed by atoms with Gasteiger partial charge in [0.05, 0.1) is 11.2 Å². The highest BCUT2D eigenvalue weighted by molar-refractivity contribution is 7.07. The lowest BCUT2D eigenvalue weighted by atomic mass is 9.99. The zero-order chi connectivity index (χ0) is 9.10. The van der Waals surface area contributed by atoms with Crippen molar-refractivity contribution in [2.75, 3.05) is 0 Å². The fourth-order valence-corrected chi connectivity index (χ4v) is 1.94. The molecule has 0 N–H and O–H groups in total. The molecule has 1 atom stereocenters. The van der Waals surface area contributed by atoms with Crippen molar-refractivity contribution in [1.82, 2.24) is 4.98 Å². The summed E-state index contributed by atoms with van der Waals surface area (Å²) in [6, 6.07) is 11.1. The van der Waals surface area contributed by atoms with Gasteiger partial charge in [-0.15, -0.1) is 11.3 Å². The van der Waals surface area contributed by atoms with Gasteiger partial charge in [0.1, 0.15) is 0 Å². The molecule has 1 nitrogen and oxygen atoms in total. The van der Waals surface area contributed by atoms with Crippen molar-refractivity contribution in [3.63, 3.8) is 0 Å². The topological polar surface area (TPSA) is 12.9 Å². The zero-order valence-corrected chi connectivity index (χ0v) is 8.21. The highest BCUT2D eigenvalue weighted by atomic mass is 32.1. The second kappa shape index (κ2) is 3.71. The zero-order valence-electron chi connectivity index (χ0n) is 7.40. The quantitative estimate of drug-likeness (QED) is 0.705. The summed E-state index contributed by atoms with van der Waals surface area (Å²) in [5, 5.41) is 2.10. The third-order valence-electron chi connectivity index (χ3n) is 2.14. The molecule has 0 bridgehead atoms. The van der Waals surface area contributed by atoms with Crippen molar-refractivity contribution in [1.29, 1.82) is 0 Å². The molecule has 1 radical (unpaired) electrons. The Labute approximate surface area is 82.1 Å². The van der Waals surface area contributed by atoms with E-state index in [4.69, 9.17) is 0 Å². The van der Waals surface area contributed by atoms with E-state index in [1.54, 1.807) is 11.3 Å². The van der Waals surface area contributed by atoms with Crippen molar-refractivity contribution in [3.8, 4) is 0 Å². The van der Waals surface area contributed by atoms with Gasteiger partial charge in [-0.05, 0) is 11.6 Å². The molecular formula is C11H10NS. The van der Waals surface area contributed by atoms with Gasteiger partial charge < -0.3 is 0 Å². The minimum absolute atomic E-state index is 0.390. The number of hydrogen-bond donors (Lipinski definition) is 0. The Morgan fingerprint density at radius 3 is 2.77 bits per heavy atom. The minimum atomic E-state index is 0.390. The third-order valence-corrected chi connectivity index (χ3v) is 2.74. The molecule has 1 unspecified atom stereocenters. The summed E-state index contributed by atoms with van der Waals surface area (Å²) in [4.78, 5) is 4.30. The predicted octanol–water partition coefficient (Wildman–Crippen LogP) is 3.10. The Morgan fingerprint density at radius 1 is 1.38 bits per heavy atom. The molecule has 2 aromatic rings. The Kier molecular flexibility index (Phi) is 2.41. The Morgan fingerprint density at radius 2 is 2.15 bits per heavy atom. The summed E-state index contributed by atoms with van der Waals surface area (Å²) in [7, 11) is 0. The van der Waals surface area contributed by atoms with Gasteiger partial charge in [0.15, 0.2) is 0 Å². The highest BCUT2D eigenvalue weighted by Gasteiger charge is 2.08. The van der Waals surface area contributed by atoms with E-state index in [1.165, 1.54) is 5.56 Å². The first-order chi connectivity index (χ1) is 6.38. The number of rotatable bonds is 2. The van der Waals surface area contributed by atoms with E-state index in [9.17, 15) is 0 Å². The maximum absolute atomic E-state index is 4.30. The monoisotopic (exact) mass is 188 g/mol.